The summed E-state index contributed by atoms with van der Waals surface area (Å²) in [5.74, 6) is 2.97. The molecule has 2 atom stereocenters. The SMILES string of the molecule is CCCCC(CC)CC1(CC(CC)CCCC)c2cc(C)ccc2-c2ccc(-c3ccc(-c4ccc(-c5ccc(C)s5)c5nc(-c6ccc(OC)cc6)c(-c6ccc(OC)cc6)nc45)s3)cc21. The smallest absolute Gasteiger partial charge is 0.118 e. The van der Waals surface area contributed by atoms with E-state index in [1.807, 2.05) is 35.6 Å². The second kappa shape index (κ2) is 20.3. The number of ether oxygens (including phenoxy) is 2. The largest absolute Gasteiger partial charge is 0.497 e. The monoisotopic (exact) mass is 922 g/mol. The molecule has 8 aromatic rings. The zero-order valence-corrected chi connectivity index (χ0v) is 42.4. The minimum atomic E-state index is -0.0170. The van der Waals surface area contributed by atoms with E-state index in [0.717, 1.165) is 56.2 Å². The summed E-state index contributed by atoms with van der Waals surface area (Å²) in [5.41, 5.74) is 16.3. The standard InChI is InChI=1S/C61H66N2O2S2/c1-9-13-15-41(11-3)37-61(38-42(12-4)16-14-10-2)52-35-39(5)17-28-48(52)49-29-23-45(36-53(49)61)54-33-34-56(67-54)51-31-30-50(55-32-18-40(6)66-55)59-60(51)63-58(44-21-26-47(65-8)27-22-44)57(62-59)43-19-24-46(64-7)25-20-43/h17-36,41-42H,9-16,37-38H2,1-8H3. The van der Waals surface area contributed by atoms with Crippen LogP contribution >= 0.6 is 22.7 Å². The van der Waals surface area contributed by atoms with Crippen molar-refractivity contribution < 1.29 is 9.47 Å². The van der Waals surface area contributed by atoms with Crippen LogP contribution in [0.5, 0.6) is 11.5 Å². The first kappa shape index (κ1) is 46.5. The average Bonchev–Trinajstić information content (AvgIpc) is 4.10. The minimum absolute atomic E-state index is 0.0170. The van der Waals surface area contributed by atoms with E-state index in [9.17, 15) is 0 Å². The summed E-state index contributed by atoms with van der Waals surface area (Å²) in [4.78, 5) is 16.2. The molecule has 0 fully saturated rings. The third kappa shape index (κ3) is 9.24. The Balaban J connectivity index is 1.21. The highest BCUT2D eigenvalue weighted by Gasteiger charge is 2.45. The second-order valence-electron chi connectivity index (χ2n) is 18.9. The fraction of sp³-hybridized carbons (Fsp3) is 0.344. The molecule has 9 rings (SSSR count). The van der Waals surface area contributed by atoms with Gasteiger partial charge in [0.1, 0.15) is 11.5 Å². The molecular weight excluding hydrogens is 857 g/mol. The molecule has 2 unspecified atom stereocenters. The van der Waals surface area contributed by atoms with Gasteiger partial charge in [-0.2, -0.15) is 0 Å². The molecule has 0 saturated carbocycles. The highest BCUT2D eigenvalue weighted by molar-refractivity contribution is 7.19. The van der Waals surface area contributed by atoms with Crippen LogP contribution in [0.2, 0.25) is 0 Å². The van der Waals surface area contributed by atoms with Crippen molar-refractivity contribution in [3.8, 4) is 76.5 Å². The second-order valence-corrected chi connectivity index (χ2v) is 21.3. The predicted octanol–water partition coefficient (Wildman–Crippen LogP) is 18.2. The number of nitrogens with zero attached hydrogens (tertiary/aromatic N) is 2. The fourth-order valence-corrected chi connectivity index (χ4v) is 12.7. The maximum atomic E-state index is 5.66. The normalized spacial score (nSPS) is 15.1. The maximum Gasteiger partial charge on any atom is 0.118 e. The third-order valence-electron chi connectivity index (χ3n) is 14.6. The van der Waals surface area contributed by atoms with Crippen molar-refractivity contribution in [3.63, 3.8) is 0 Å². The lowest BCUT2D eigenvalue weighted by molar-refractivity contribution is 0.266. The number of unbranched alkanes of at least 4 members (excludes halogenated alkanes) is 2. The van der Waals surface area contributed by atoms with Crippen LogP contribution in [0.25, 0.3) is 76.0 Å². The highest BCUT2D eigenvalue weighted by Crippen LogP contribution is 2.57. The molecule has 5 aromatic carbocycles. The summed E-state index contributed by atoms with van der Waals surface area (Å²) in [5, 5.41) is 0. The lowest BCUT2D eigenvalue weighted by Crippen LogP contribution is -2.31. The Morgan fingerprint density at radius 3 is 1.45 bits per heavy atom. The van der Waals surface area contributed by atoms with Gasteiger partial charge in [-0.15, -0.1) is 22.7 Å². The number of fused-ring (bicyclic) bond motifs is 4. The first-order chi connectivity index (χ1) is 32.7. The van der Waals surface area contributed by atoms with Gasteiger partial charge >= 0.3 is 0 Å². The van der Waals surface area contributed by atoms with Crippen LogP contribution in [0, 0.1) is 25.7 Å². The molecule has 344 valence electrons. The Labute approximate surface area is 407 Å². The molecule has 0 aliphatic heterocycles. The van der Waals surface area contributed by atoms with Crippen molar-refractivity contribution in [2.24, 2.45) is 11.8 Å². The number of thiophene rings is 2. The average molecular weight is 923 g/mol. The number of aromatic nitrogens is 2. The van der Waals surface area contributed by atoms with Gasteiger partial charge in [0, 0.05) is 47.2 Å². The van der Waals surface area contributed by atoms with Gasteiger partial charge in [0.05, 0.1) is 36.6 Å². The van der Waals surface area contributed by atoms with Crippen LogP contribution in [-0.4, -0.2) is 24.2 Å². The minimum Gasteiger partial charge on any atom is -0.497 e. The molecule has 0 bridgehead atoms. The van der Waals surface area contributed by atoms with Crippen LogP contribution in [0.1, 0.15) is 113 Å². The molecule has 1 aliphatic carbocycles. The summed E-state index contributed by atoms with van der Waals surface area (Å²) < 4.78 is 11.1. The number of benzene rings is 5. The number of hydrogen-bond acceptors (Lipinski definition) is 6. The molecule has 3 aromatic heterocycles. The summed E-state index contributed by atoms with van der Waals surface area (Å²) in [6.45, 7) is 14.0. The zero-order chi connectivity index (χ0) is 46.7. The van der Waals surface area contributed by atoms with Crippen LogP contribution in [0.15, 0.2) is 121 Å². The lowest BCUT2D eigenvalue weighted by atomic mass is 9.65. The van der Waals surface area contributed by atoms with Gasteiger partial charge in [-0.25, -0.2) is 9.97 Å². The van der Waals surface area contributed by atoms with Gasteiger partial charge in [-0.05, 0) is 145 Å². The first-order valence-corrected chi connectivity index (χ1v) is 26.4. The lowest BCUT2D eigenvalue weighted by Gasteiger charge is -2.39. The summed E-state index contributed by atoms with van der Waals surface area (Å²) in [6.07, 6.45) is 12.6. The summed E-state index contributed by atoms with van der Waals surface area (Å²) in [6, 6.07) is 44.7. The molecule has 67 heavy (non-hydrogen) atoms. The van der Waals surface area contributed by atoms with Crippen LogP contribution in [0.4, 0.5) is 0 Å². The quantitative estimate of drug-likeness (QED) is 0.0811. The molecule has 0 amide bonds. The Morgan fingerprint density at radius 1 is 0.493 bits per heavy atom. The Kier molecular flexibility index (Phi) is 14.1. The zero-order valence-electron chi connectivity index (χ0n) is 40.8. The molecule has 0 spiro atoms. The van der Waals surface area contributed by atoms with Gasteiger partial charge in [-0.3, -0.25) is 0 Å². The van der Waals surface area contributed by atoms with Crippen LogP contribution in [0.3, 0.4) is 0 Å². The molecular formula is C61H66N2O2S2. The van der Waals surface area contributed by atoms with Crippen molar-refractivity contribution in [2.75, 3.05) is 14.2 Å². The molecule has 0 saturated heterocycles. The van der Waals surface area contributed by atoms with Gasteiger partial charge < -0.3 is 9.47 Å². The van der Waals surface area contributed by atoms with Crippen molar-refractivity contribution in [1.29, 1.82) is 0 Å². The van der Waals surface area contributed by atoms with E-state index >= 15 is 0 Å². The highest BCUT2D eigenvalue weighted by atomic mass is 32.1. The first-order valence-electron chi connectivity index (χ1n) is 24.8. The Bertz CT molecular complexity index is 2960. The molecule has 6 heteroatoms. The maximum absolute atomic E-state index is 5.66. The van der Waals surface area contributed by atoms with Gasteiger partial charge in [0.2, 0.25) is 0 Å². The van der Waals surface area contributed by atoms with E-state index in [-0.39, 0.29) is 5.41 Å². The van der Waals surface area contributed by atoms with E-state index < -0.39 is 0 Å². The molecule has 0 N–H and O–H groups in total. The van der Waals surface area contributed by atoms with Crippen molar-refractivity contribution in [2.45, 2.75) is 111 Å². The summed E-state index contributed by atoms with van der Waals surface area (Å²) >= 11 is 3.66. The number of rotatable bonds is 19. The molecule has 0 radical (unpaired) electrons. The predicted molar refractivity (Wildman–Crippen MR) is 287 cm³/mol. The van der Waals surface area contributed by atoms with E-state index in [1.54, 1.807) is 36.7 Å². The third-order valence-corrected chi connectivity index (χ3v) is 16.8. The topological polar surface area (TPSA) is 44.2 Å². The molecule has 1 aliphatic rings. The van der Waals surface area contributed by atoms with Crippen molar-refractivity contribution in [1.82, 2.24) is 9.97 Å². The Morgan fingerprint density at radius 2 is 0.955 bits per heavy atom. The van der Waals surface area contributed by atoms with Crippen LogP contribution in [-0.2, 0) is 5.41 Å². The number of hydrogen-bond donors (Lipinski definition) is 0. The number of aryl methyl sites for hydroxylation is 2. The Hall–Kier alpha value is -5.56. The van der Waals surface area contributed by atoms with Gasteiger partial charge in [-0.1, -0.05) is 127 Å². The van der Waals surface area contributed by atoms with Crippen molar-refractivity contribution in [3.05, 3.63) is 143 Å². The van der Waals surface area contributed by atoms with E-state index in [1.165, 1.54) is 106 Å². The van der Waals surface area contributed by atoms with E-state index in [2.05, 4.69) is 139 Å². The van der Waals surface area contributed by atoms with Crippen LogP contribution < -0.4 is 9.47 Å². The van der Waals surface area contributed by atoms with E-state index in [4.69, 9.17) is 19.4 Å². The van der Waals surface area contributed by atoms with Crippen molar-refractivity contribution >= 4 is 33.7 Å². The number of methoxy groups -OCH3 is 2. The van der Waals surface area contributed by atoms with E-state index in [0.29, 0.717) is 11.8 Å². The van der Waals surface area contributed by atoms with Gasteiger partial charge in [0.15, 0.2) is 0 Å². The molecule has 4 nitrogen and oxygen atoms in total. The fourth-order valence-electron chi connectivity index (χ4n) is 10.8. The summed E-state index contributed by atoms with van der Waals surface area (Å²) in [7, 11) is 3.40. The van der Waals surface area contributed by atoms with Gasteiger partial charge in [0.25, 0.3) is 0 Å². The molecule has 3 heterocycles.